The lowest BCUT2D eigenvalue weighted by molar-refractivity contribution is -0.136. The molecule has 3 heterocycles. The molecule has 0 radical (unpaired) electrons. The van der Waals surface area contributed by atoms with Crippen LogP contribution in [0.4, 0.5) is 4.39 Å². The van der Waals surface area contributed by atoms with Crippen molar-refractivity contribution in [2.24, 2.45) is 0 Å². The summed E-state index contributed by atoms with van der Waals surface area (Å²) in [7, 11) is 1.54. The molecule has 8 heteroatoms. The highest BCUT2D eigenvalue weighted by Gasteiger charge is 2.38. The van der Waals surface area contributed by atoms with Crippen LogP contribution < -0.4 is 4.74 Å². The number of nitrogens with one attached hydrogen (secondary N) is 1. The van der Waals surface area contributed by atoms with Gasteiger partial charge < -0.3 is 19.4 Å². The minimum atomic E-state index is -0.556. The zero-order valence-electron chi connectivity index (χ0n) is 19.3. The van der Waals surface area contributed by atoms with E-state index in [9.17, 15) is 14.0 Å². The van der Waals surface area contributed by atoms with Gasteiger partial charge in [-0.2, -0.15) is 4.98 Å². The highest BCUT2D eigenvalue weighted by molar-refractivity contribution is 6.18. The summed E-state index contributed by atoms with van der Waals surface area (Å²) in [5.74, 6) is -0.818. The summed E-state index contributed by atoms with van der Waals surface area (Å²) in [5, 5.41) is 0.831. The van der Waals surface area contributed by atoms with Gasteiger partial charge in [0.2, 0.25) is 5.88 Å². The molecule has 1 N–H and O–H groups in total. The van der Waals surface area contributed by atoms with Gasteiger partial charge in [-0.3, -0.25) is 4.79 Å². The predicted octanol–water partition coefficient (Wildman–Crippen LogP) is 4.36. The van der Waals surface area contributed by atoms with Gasteiger partial charge in [-0.05, 0) is 49.2 Å². The number of hydrogen-bond acceptors (Lipinski definition) is 5. The van der Waals surface area contributed by atoms with Gasteiger partial charge >= 0.3 is 5.97 Å². The Morgan fingerprint density at radius 2 is 2.00 bits per heavy atom. The Labute approximate surface area is 191 Å². The number of hydrogen-bond donors (Lipinski definition) is 1. The topological polar surface area (TPSA) is 84.5 Å². The van der Waals surface area contributed by atoms with Crippen molar-refractivity contribution in [3.8, 4) is 5.88 Å². The number of carbonyl (C=O) groups excluding carboxylic acids is 2. The number of esters is 1. The fourth-order valence-corrected chi connectivity index (χ4v) is 4.28. The number of aromatic nitrogens is 2. The first-order valence-electron chi connectivity index (χ1n) is 10.7. The second-order valence-corrected chi connectivity index (χ2v) is 8.67. The van der Waals surface area contributed by atoms with Crippen LogP contribution in [0.5, 0.6) is 5.88 Å². The molecule has 0 atom stereocenters. The van der Waals surface area contributed by atoms with Crippen molar-refractivity contribution in [2.75, 3.05) is 20.3 Å². The summed E-state index contributed by atoms with van der Waals surface area (Å²) in [5.41, 5.74) is 2.38. The third-order valence-electron chi connectivity index (χ3n) is 5.80. The number of halogens is 1. The molecule has 1 amide bonds. The summed E-state index contributed by atoms with van der Waals surface area (Å²) >= 11 is 0. The number of benzene rings is 1. The van der Waals surface area contributed by atoms with Gasteiger partial charge in [-0.1, -0.05) is 13.8 Å². The molecule has 2 aromatic heterocycles. The Kier molecular flexibility index (Phi) is 5.69. The fourth-order valence-electron chi connectivity index (χ4n) is 4.28. The van der Waals surface area contributed by atoms with E-state index in [1.54, 1.807) is 19.9 Å². The average molecular weight is 451 g/mol. The Morgan fingerprint density at radius 1 is 1.24 bits per heavy atom. The van der Waals surface area contributed by atoms with Crippen LogP contribution in [0.2, 0.25) is 0 Å². The maximum absolute atomic E-state index is 13.8. The highest BCUT2D eigenvalue weighted by atomic mass is 19.1. The van der Waals surface area contributed by atoms with E-state index in [0.717, 1.165) is 10.9 Å². The lowest BCUT2D eigenvalue weighted by Crippen LogP contribution is -2.37. The van der Waals surface area contributed by atoms with E-state index >= 15 is 0 Å². The Hall–Kier alpha value is -3.68. The molecule has 1 aliphatic rings. The van der Waals surface area contributed by atoms with E-state index in [1.807, 2.05) is 19.9 Å². The molecule has 0 saturated heterocycles. The first-order valence-corrected chi connectivity index (χ1v) is 10.7. The molecule has 0 spiro atoms. The van der Waals surface area contributed by atoms with E-state index in [2.05, 4.69) is 9.97 Å². The van der Waals surface area contributed by atoms with E-state index < -0.39 is 11.4 Å². The number of ether oxygens (including phenoxy) is 2. The Morgan fingerprint density at radius 3 is 2.67 bits per heavy atom. The average Bonchev–Trinajstić information content (AvgIpc) is 3.11. The summed E-state index contributed by atoms with van der Waals surface area (Å²) in [6.45, 7) is 7.81. The molecule has 0 aliphatic carbocycles. The smallest absolute Gasteiger partial charge is 0.341 e. The van der Waals surface area contributed by atoms with E-state index in [4.69, 9.17) is 9.47 Å². The maximum Gasteiger partial charge on any atom is 0.341 e. The van der Waals surface area contributed by atoms with Crippen LogP contribution in [0.1, 0.15) is 48.0 Å². The van der Waals surface area contributed by atoms with Gasteiger partial charge in [0.15, 0.2) is 0 Å². The number of fused-ring (bicyclic) bond motifs is 3. The van der Waals surface area contributed by atoms with Gasteiger partial charge in [-0.25, -0.2) is 9.18 Å². The quantitative estimate of drug-likeness (QED) is 0.596. The number of nitrogens with zero attached hydrogens (tertiary/aromatic N) is 2. The minimum absolute atomic E-state index is 0.187. The zero-order chi connectivity index (χ0) is 23.9. The number of aromatic amines is 1. The van der Waals surface area contributed by atoms with Gasteiger partial charge in [0.25, 0.3) is 5.91 Å². The van der Waals surface area contributed by atoms with Crippen LogP contribution in [-0.2, 0) is 14.9 Å². The molecule has 33 heavy (non-hydrogen) atoms. The van der Waals surface area contributed by atoms with Crippen molar-refractivity contribution in [3.63, 3.8) is 0 Å². The molecule has 1 aromatic carbocycles. The van der Waals surface area contributed by atoms with Gasteiger partial charge in [0.1, 0.15) is 11.5 Å². The number of H-pyrrole nitrogens is 1. The Balaban J connectivity index is 1.90. The number of methoxy groups -OCH3 is 1. The largest absolute Gasteiger partial charge is 0.481 e. The van der Waals surface area contributed by atoms with Gasteiger partial charge in [0, 0.05) is 35.2 Å². The molecule has 172 valence electrons. The number of aryl methyl sites for hydroxylation is 1. The summed E-state index contributed by atoms with van der Waals surface area (Å²) < 4.78 is 24.3. The molecular formula is C25H26FN3O4. The molecule has 0 unspecified atom stereocenters. The number of carbonyl (C=O) groups is 2. The lowest BCUT2D eigenvalue weighted by Gasteiger charge is -2.29. The SMILES string of the molecule is CCOC(=O)C1=CN(C(=O)c2ccc(F)c(C)c2)CC(C)(C)c2c1[nH]c1nc(OC)ccc21. The van der Waals surface area contributed by atoms with Crippen molar-refractivity contribution < 1.29 is 23.5 Å². The third-order valence-corrected chi connectivity index (χ3v) is 5.80. The molecule has 0 bridgehead atoms. The Bertz CT molecular complexity index is 1290. The van der Waals surface area contributed by atoms with E-state index in [-0.39, 0.29) is 30.4 Å². The van der Waals surface area contributed by atoms with Gasteiger partial charge in [0.05, 0.1) is 25.0 Å². The maximum atomic E-state index is 13.8. The van der Waals surface area contributed by atoms with E-state index in [1.165, 1.54) is 36.4 Å². The standard InChI is InChI=1S/C25H26FN3O4/c1-6-33-24(31)17-12-29(23(30)15-7-9-18(26)14(2)11-15)13-25(3,4)20-16-8-10-19(32-5)27-22(16)28-21(17)20/h7-12H,6,13H2,1-5H3,(H,27,28). The van der Waals surface area contributed by atoms with Crippen LogP contribution in [-0.4, -0.2) is 47.0 Å². The minimum Gasteiger partial charge on any atom is -0.481 e. The third kappa shape index (κ3) is 3.97. The van der Waals surface area contributed by atoms with Crippen LogP contribution in [0.15, 0.2) is 36.5 Å². The van der Waals surface area contributed by atoms with Crippen molar-refractivity contribution in [1.82, 2.24) is 14.9 Å². The fraction of sp³-hybridized carbons (Fsp3) is 0.320. The second-order valence-electron chi connectivity index (χ2n) is 8.67. The van der Waals surface area contributed by atoms with Crippen LogP contribution in [0, 0.1) is 12.7 Å². The molecule has 1 aliphatic heterocycles. The number of pyridine rings is 1. The monoisotopic (exact) mass is 451 g/mol. The number of amides is 1. The molecule has 0 saturated carbocycles. The lowest BCUT2D eigenvalue weighted by atomic mass is 9.82. The van der Waals surface area contributed by atoms with Crippen molar-refractivity contribution in [3.05, 3.63) is 64.7 Å². The van der Waals surface area contributed by atoms with Crippen molar-refractivity contribution >= 4 is 28.5 Å². The normalized spacial score (nSPS) is 15.0. The predicted molar refractivity (Wildman–Crippen MR) is 122 cm³/mol. The zero-order valence-corrected chi connectivity index (χ0v) is 19.3. The molecule has 4 rings (SSSR count). The van der Waals surface area contributed by atoms with Crippen LogP contribution >= 0.6 is 0 Å². The molecule has 3 aromatic rings. The molecule has 7 nitrogen and oxygen atoms in total. The first-order chi connectivity index (χ1) is 15.7. The second kappa shape index (κ2) is 8.35. The van der Waals surface area contributed by atoms with Crippen LogP contribution in [0.25, 0.3) is 16.6 Å². The van der Waals surface area contributed by atoms with Crippen molar-refractivity contribution in [2.45, 2.75) is 33.1 Å². The number of rotatable bonds is 4. The molecular weight excluding hydrogens is 425 g/mol. The van der Waals surface area contributed by atoms with Crippen LogP contribution in [0.3, 0.4) is 0 Å². The van der Waals surface area contributed by atoms with Crippen molar-refractivity contribution in [1.29, 1.82) is 0 Å². The summed E-state index contributed by atoms with van der Waals surface area (Å²) in [6, 6.07) is 7.89. The highest BCUT2D eigenvalue weighted by Crippen LogP contribution is 2.40. The summed E-state index contributed by atoms with van der Waals surface area (Å²) in [6.07, 6.45) is 1.51. The first kappa shape index (κ1) is 22.5. The van der Waals surface area contributed by atoms with E-state index in [0.29, 0.717) is 28.3 Å². The van der Waals surface area contributed by atoms with Gasteiger partial charge in [-0.15, -0.1) is 0 Å². The molecule has 0 fully saturated rings. The summed E-state index contributed by atoms with van der Waals surface area (Å²) in [4.78, 5) is 35.6.